The van der Waals surface area contributed by atoms with Crippen LogP contribution in [0.15, 0.2) is 30.3 Å². The van der Waals surface area contributed by atoms with Gasteiger partial charge in [0.2, 0.25) is 0 Å². The maximum atomic E-state index is 10.2. The molecule has 0 unspecified atom stereocenters. The molecule has 64 valence electrons. The average Bonchev–Trinajstić information content (AvgIpc) is 2.05. The Morgan fingerprint density at radius 3 is 2.67 bits per heavy atom. The number of amides is 1. The summed E-state index contributed by atoms with van der Waals surface area (Å²) >= 11 is 1.04. The number of hydrogen-bond acceptors (Lipinski definition) is 3. The highest BCUT2D eigenvalue weighted by Gasteiger charge is 1.95. The van der Waals surface area contributed by atoms with E-state index in [1.807, 2.05) is 30.3 Å². The fourth-order valence-corrected chi connectivity index (χ4v) is 1.23. The van der Waals surface area contributed by atoms with Crippen molar-refractivity contribution in [2.75, 3.05) is 0 Å². The lowest BCUT2D eigenvalue weighted by molar-refractivity contribution is 0.218. The van der Waals surface area contributed by atoms with E-state index in [0.717, 1.165) is 17.6 Å². The monoisotopic (exact) mass is 183 g/mol. The quantitative estimate of drug-likeness (QED) is 0.728. The van der Waals surface area contributed by atoms with Crippen molar-refractivity contribution in [2.24, 2.45) is 5.73 Å². The van der Waals surface area contributed by atoms with Crippen molar-refractivity contribution < 1.29 is 8.98 Å². The lowest BCUT2D eigenvalue weighted by Gasteiger charge is -1.98. The van der Waals surface area contributed by atoms with Crippen LogP contribution in [0.5, 0.6) is 0 Å². The number of primary amides is 1. The minimum atomic E-state index is -0.754. The van der Waals surface area contributed by atoms with E-state index in [1.54, 1.807) is 0 Å². The molecular weight excluding hydrogens is 174 g/mol. The average molecular weight is 183 g/mol. The first kappa shape index (κ1) is 8.93. The summed E-state index contributed by atoms with van der Waals surface area (Å²) in [5.41, 5.74) is 5.88. The van der Waals surface area contributed by atoms with Crippen LogP contribution in [0.3, 0.4) is 0 Å². The topological polar surface area (TPSA) is 52.3 Å². The Hall–Kier alpha value is -1.16. The highest BCUT2D eigenvalue weighted by atomic mass is 32.2. The molecule has 0 spiro atoms. The second kappa shape index (κ2) is 4.66. The predicted molar refractivity (Wildman–Crippen MR) is 48.4 cm³/mol. The van der Waals surface area contributed by atoms with Gasteiger partial charge in [-0.15, -0.1) is 0 Å². The number of carbonyl (C=O) groups is 1. The second-order valence-electron chi connectivity index (χ2n) is 2.15. The van der Waals surface area contributed by atoms with Crippen LogP contribution in [0, 0.1) is 0 Å². The third-order valence-electron chi connectivity index (χ3n) is 1.21. The van der Waals surface area contributed by atoms with E-state index >= 15 is 0 Å². The van der Waals surface area contributed by atoms with Crippen molar-refractivity contribution in [3.63, 3.8) is 0 Å². The summed E-state index contributed by atoms with van der Waals surface area (Å²) in [5, 5.41) is 0. The van der Waals surface area contributed by atoms with Crippen LogP contribution < -0.4 is 5.73 Å². The molecule has 0 aliphatic carbocycles. The minimum Gasteiger partial charge on any atom is -0.375 e. The third-order valence-corrected chi connectivity index (χ3v) is 1.94. The molecular formula is C8H9NO2S. The van der Waals surface area contributed by atoms with Crippen molar-refractivity contribution >= 4 is 18.1 Å². The zero-order valence-corrected chi connectivity index (χ0v) is 7.21. The largest absolute Gasteiger partial charge is 0.416 e. The van der Waals surface area contributed by atoms with Gasteiger partial charge in [-0.1, -0.05) is 30.3 Å². The molecule has 1 rings (SSSR count). The smallest absolute Gasteiger partial charge is 0.375 e. The van der Waals surface area contributed by atoms with Gasteiger partial charge in [0.1, 0.15) is 0 Å². The molecule has 2 N–H and O–H groups in total. The van der Waals surface area contributed by atoms with Crippen LogP contribution in [0.2, 0.25) is 0 Å². The predicted octanol–water partition coefficient (Wildman–Crippen LogP) is 1.93. The molecule has 0 heterocycles. The lowest BCUT2D eigenvalue weighted by atomic mass is 10.2. The van der Waals surface area contributed by atoms with Crippen LogP contribution in [-0.2, 0) is 9.94 Å². The number of hydrogen-bond donors (Lipinski definition) is 1. The second-order valence-corrected chi connectivity index (χ2v) is 2.84. The number of rotatable bonds is 3. The van der Waals surface area contributed by atoms with Crippen LogP contribution >= 0.6 is 12.0 Å². The molecule has 0 fully saturated rings. The van der Waals surface area contributed by atoms with Crippen molar-refractivity contribution in [3.05, 3.63) is 35.9 Å². The highest BCUT2D eigenvalue weighted by molar-refractivity contribution is 7.94. The van der Waals surface area contributed by atoms with Gasteiger partial charge in [-0.3, -0.25) is 0 Å². The van der Waals surface area contributed by atoms with E-state index in [-0.39, 0.29) is 0 Å². The van der Waals surface area contributed by atoms with E-state index in [9.17, 15) is 4.79 Å². The maximum Gasteiger partial charge on any atom is 0.416 e. The molecule has 0 saturated carbocycles. The number of carbonyl (C=O) groups excluding carboxylic acids is 1. The Balaban J connectivity index is 2.29. The molecule has 0 aliphatic heterocycles. The number of nitrogens with two attached hydrogens (primary N) is 1. The molecule has 4 heteroatoms. The van der Waals surface area contributed by atoms with Crippen LogP contribution in [0.25, 0.3) is 0 Å². The minimum absolute atomic E-state index is 0.629. The Morgan fingerprint density at radius 1 is 1.42 bits per heavy atom. The van der Waals surface area contributed by atoms with Crippen molar-refractivity contribution in [1.82, 2.24) is 0 Å². The first-order valence-corrected chi connectivity index (χ1v) is 4.33. The van der Waals surface area contributed by atoms with E-state index in [1.165, 1.54) is 0 Å². The van der Waals surface area contributed by atoms with Crippen molar-refractivity contribution in [3.8, 4) is 0 Å². The van der Waals surface area contributed by atoms with Gasteiger partial charge in [-0.05, 0) is 5.56 Å². The molecule has 0 saturated heterocycles. The molecule has 1 aromatic rings. The van der Waals surface area contributed by atoms with Gasteiger partial charge in [-0.25, -0.2) is 4.79 Å². The van der Waals surface area contributed by atoms with E-state index in [2.05, 4.69) is 4.18 Å². The molecule has 0 bridgehead atoms. The van der Waals surface area contributed by atoms with Crippen LogP contribution in [-0.4, -0.2) is 6.09 Å². The Kier molecular flexibility index (Phi) is 3.47. The van der Waals surface area contributed by atoms with Crippen LogP contribution in [0.4, 0.5) is 4.79 Å². The Morgan fingerprint density at radius 2 is 2.08 bits per heavy atom. The Bertz CT molecular complexity index is 250. The molecule has 3 nitrogen and oxygen atoms in total. The summed E-state index contributed by atoms with van der Waals surface area (Å²) in [7, 11) is 0. The number of benzene rings is 1. The fraction of sp³-hybridized carbons (Fsp3) is 0.125. The summed E-state index contributed by atoms with van der Waals surface area (Å²) in [6.07, 6.45) is -0.754. The van der Waals surface area contributed by atoms with Gasteiger partial charge in [0, 0.05) is 0 Å². The SMILES string of the molecule is NC(=O)OSCc1ccccc1. The van der Waals surface area contributed by atoms with Gasteiger partial charge < -0.3 is 9.92 Å². The maximum absolute atomic E-state index is 10.2. The Labute approximate surface area is 75.1 Å². The van der Waals surface area contributed by atoms with Crippen LogP contribution in [0.1, 0.15) is 5.56 Å². The van der Waals surface area contributed by atoms with Gasteiger partial charge in [0.15, 0.2) is 0 Å². The first-order chi connectivity index (χ1) is 5.79. The van der Waals surface area contributed by atoms with E-state index < -0.39 is 6.09 Å². The molecule has 1 amide bonds. The zero-order chi connectivity index (χ0) is 8.81. The van der Waals surface area contributed by atoms with Crippen molar-refractivity contribution in [1.29, 1.82) is 0 Å². The van der Waals surface area contributed by atoms with Gasteiger partial charge >= 0.3 is 6.09 Å². The highest BCUT2D eigenvalue weighted by Crippen LogP contribution is 2.11. The molecule has 0 aliphatic rings. The first-order valence-electron chi connectivity index (χ1n) is 3.42. The fourth-order valence-electron chi connectivity index (χ4n) is 0.730. The zero-order valence-electron chi connectivity index (χ0n) is 6.40. The summed E-state index contributed by atoms with van der Waals surface area (Å²) in [5.74, 6) is 0.629. The normalized spacial score (nSPS) is 9.33. The standard InChI is InChI=1S/C8H9NO2S/c9-8(10)11-12-6-7-4-2-1-3-5-7/h1-5H,6H2,(H2,9,10). The molecule has 0 aromatic heterocycles. The summed E-state index contributed by atoms with van der Waals surface area (Å²) in [4.78, 5) is 10.2. The van der Waals surface area contributed by atoms with Gasteiger partial charge in [-0.2, -0.15) is 0 Å². The van der Waals surface area contributed by atoms with Crippen molar-refractivity contribution in [2.45, 2.75) is 5.75 Å². The molecule has 0 radical (unpaired) electrons. The summed E-state index contributed by atoms with van der Waals surface area (Å²) in [6.45, 7) is 0. The third kappa shape index (κ3) is 3.30. The van der Waals surface area contributed by atoms with E-state index in [4.69, 9.17) is 5.73 Å². The molecule has 1 aromatic carbocycles. The lowest BCUT2D eigenvalue weighted by Crippen LogP contribution is -2.08. The summed E-state index contributed by atoms with van der Waals surface area (Å²) in [6, 6.07) is 9.71. The molecule has 0 atom stereocenters. The van der Waals surface area contributed by atoms with Gasteiger partial charge in [0.25, 0.3) is 0 Å². The summed E-state index contributed by atoms with van der Waals surface area (Å²) < 4.78 is 4.50. The van der Waals surface area contributed by atoms with Gasteiger partial charge in [0.05, 0.1) is 17.8 Å². The van der Waals surface area contributed by atoms with E-state index in [0.29, 0.717) is 5.75 Å². The molecule has 12 heavy (non-hydrogen) atoms.